The second-order valence-electron chi connectivity index (χ2n) is 3.23. The zero-order chi connectivity index (χ0) is 10.7. The highest BCUT2D eigenvalue weighted by Crippen LogP contribution is 2.21. The predicted molar refractivity (Wildman–Crippen MR) is 55.2 cm³/mol. The van der Waals surface area contributed by atoms with Gasteiger partial charge in [-0.15, -0.1) is 0 Å². The van der Waals surface area contributed by atoms with Gasteiger partial charge < -0.3 is 9.26 Å². The fourth-order valence-corrected chi connectivity index (χ4v) is 1.43. The Morgan fingerprint density at radius 3 is 2.80 bits per heavy atom. The molecule has 0 aliphatic heterocycles. The van der Waals surface area contributed by atoms with Crippen molar-refractivity contribution in [1.82, 2.24) is 10.1 Å². The number of nitrogens with zero attached hydrogens (tertiary/aromatic N) is 2. The van der Waals surface area contributed by atoms with E-state index in [9.17, 15) is 0 Å². The average Bonchev–Trinajstić information content (AvgIpc) is 2.66. The Kier molecular flexibility index (Phi) is 2.78. The second-order valence-corrected chi connectivity index (χ2v) is 3.23. The lowest BCUT2D eigenvalue weighted by molar-refractivity contribution is 0.185. The summed E-state index contributed by atoms with van der Waals surface area (Å²) in [5.41, 5.74) is 2.01. The highest BCUT2D eigenvalue weighted by atomic mass is 16.5. The Bertz CT molecular complexity index is 451. The van der Waals surface area contributed by atoms with Crippen LogP contribution in [0.25, 0.3) is 11.4 Å². The van der Waals surface area contributed by atoms with Crippen molar-refractivity contribution in [2.45, 2.75) is 13.5 Å². The third kappa shape index (κ3) is 2.05. The Hall–Kier alpha value is -1.68. The summed E-state index contributed by atoms with van der Waals surface area (Å²) in [5.74, 6) is 1.18. The molecule has 15 heavy (non-hydrogen) atoms. The molecule has 0 bridgehead atoms. The topological polar surface area (TPSA) is 48.2 Å². The van der Waals surface area contributed by atoms with Crippen molar-refractivity contribution >= 4 is 0 Å². The van der Waals surface area contributed by atoms with Gasteiger partial charge in [-0.3, -0.25) is 0 Å². The number of benzene rings is 1. The Balaban J connectivity index is 2.42. The van der Waals surface area contributed by atoms with E-state index in [1.807, 2.05) is 24.3 Å². The summed E-state index contributed by atoms with van der Waals surface area (Å²) in [5, 5.41) is 3.89. The summed E-state index contributed by atoms with van der Waals surface area (Å²) < 4.78 is 10.1. The molecule has 1 aromatic carbocycles. The van der Waals surface area contributed by atoms with Gasteiger partial charge in [-0.1, -0.05) is 29.4 Å². The van der Waals surface area contributed by atoms with Crippen LogP contribution in [0.1, 0.15) is 11.5 Å². The quantitative estimate of drug-likeness (QED) is 0.768. The van der Waals surface area contributed by atoms with E-state index in [1.165, 1.54) is 0 Å². The molecule has 4 nitrogen and oxygen atoms in total. The van der Waals surface area contributed by atoms with Crippen LogP contribution >= 0.6 is 0 Å². The Morgan fingerprint density at radius 2 is 2.13 bits per heavy atom. The third-order valence-corrected chi connectivity index (χ3v) is 2.09. The first-order chi connectivity index (χ1) is 7.31. The average molecular weight is 204 g/mol. The molecule has 2 rings (SSSR count). The maximum Gasteiger partial charge on any atom is 0.223 e. The van der Waals surface area contributed by atoms with Crippen molar-refractivity contribution in [3.8, 4) is 11.4 Å². The largest absolute Gasteiger partial charge is 0.380 e. The molecule has 0 N–H and O–H groups in total. The van der Waals surface area contributed by atoms with E-state index < -0.39 is 0 Å². The molecule has 0 atom stereocenters. The molecule has 0 amide bonds. The predicted octanol–water partition coefficient (Wildman–Crippen LogP) is 2.19. The third-order valence-electron chi connectivity index (χ3n) is 2.09. The summed E-state index contributed by atoms with van der Waals surface area (Å²) in [6.07, 6.45) is 0. The number of hydrogen-bond acceptors (Lipinski definition) is 4. The number of methoxy groups -OCH3 is 1. The minimum absolute atomic E-state index is 0.545. The van der Waals surface area contributed by atoms with E-state index in [4.69, 9.17) is 9.26 Å². The van der Waals surface area contributed by atoms with Gasteiger partial charge >= 0.3 is 0 Å². The highest BCUT2D eigenvalue weighted by Gasteiger charge is 2.09. The number of aryl methyl sites for hydroxylation is 1. The van der Waals surface area contributed by atoms with Crippen LogP contribution in [0.2, 0.25) is 0 Å². The van der Waals surface area contributed by atoms with Crippen LogP contribution in [0.5, 0.6) is 0 Å². The highest BCUT2D eigenvalue weighted by molar-refractivity contribution is 5.59. The molecule has 0 saturated carbocycles. The first kappa shape index (κ1) is 9.86. The van der Waals surface area contributed by atoms with Gasteiger partial charge in [0.15, 0.2) is 0 Å². The normalized spacial score (nSPS) is 10.5. The minimum Gasteiger partial charge on any atom is -0.380 e. The van der Waals surface area contributed by atoms with Crippen molar-refractivity contribution in [3.05, 3.63) is 35.7 Å². The molecular weight excluding hydrogens is 192 g/mol. The molecule has 2 aromatic rings. The lowest BCUT2D eigenvalue weighted by Gasteiger charge is -2.03. The zero-order valence-corrected chi connectivity index (χ0v) is 8.73. The fourth-order valence-electron chi connectivity index (χ4n) is 1.43. The second kappa shape index (κ2) is 4.23. The van der Waals surface area contributed by atoms with E-state index in [2.05, 4.69) is 10.1 Å². The lowest BCUT2D eigenvalue weighted by Crippen LogP contribution is -1.92. The van der Waals surface area contributed by atoms with Crippen LogP contribution in [-0.2, 0) is 11.3 Å². The molecule has 0 fully saturated rings. The molecule has 0 aliphatic carbocycles. The Morgan fingerprint density at radius 1 is 1.33 bits per heavy atom. The van der Waals surface area contributed by atoms with E-state index in [0.717, 1.165) is 11.1 Å². The number of aromatic nitrogens is 2. The van der Waals surface area contributed by atoms with E-state index in [1.54, 1.807) is 14.0 Å². The summed E-state index contributed by atoms with van der Waals surface area (Å²) >= 11 is 0. The van der Waals surface area contributed by atoms with Crippen molar-refractivity contribution in [3.63, 3.8) is 0 Å². The van der Waals surface area contributed by atoms with E-state index in [0.29, 0.717) is 18.3 Å². The van der Waals surface area contributed by atoms with Gasteiger partial charge in [0.25, 0.3) is 0 Å². The first-order valence-electron chi connectivity index (χ1n) is 4.69. The molecule has 0 saturated heterocycles. The van der Waals surface area contributed by atoms with E-state index >= 15 is 0 Å². The van der Waals surface area contributed by atoms with Gasteiger partial charge in [0.2, 0.25) is 11.7 Å². The molecule has 78 valence electrons. The van der Waals surface area contributed by atoms with Gasteiger partial charge in [-0.2, -0.15) is 4.98 Å². The number of ether oxygens (including phenoxy) is 1. The van der Waals surface area contributed by atoms with Crippen LogP contribution in [-0.4, -0.2) is 17.3 Å². The molecular formula is C11H12N2O2. The van der Waals surface area contributed by atoms with Gasteiger partial charge in [0.1, 0.15) is 0 Å². The SMILES string of the molecule is COCc1ccccc1-c1noc(C)n1. The number of hydrogen-bond donors (Lipinski definition) is 0. The Labute approximate surface area is 87.9 Å². The molecule has 1 heterocycles. The molecule has 4 heteroatoms. The summed E-state index contributed by atoms with van der Waals surface area (Å²) in [6, 6.07) is 7.86. The fraction of sp³-hybridized carbons (Fsp3) is 0.273. The van der Waals surface area contributed by atoms with E-state index in [-0.39, 0.29) is 0 Å². The van der Waals surface area contributed by atoms with Crippen molar-refractivity contribution in [2.24, 2.45) is 0 Å². The molecule has 0 spiro atoms. The maximum atomic E-state index is 5.11. The minimum atomic E-state index is 0.545. The van der Waals surface area contributed by atoms with Gasteiger partial charge in [0.05, 0.1) is 6.61 Å². The first-order valence-corrected chi connectivity index (χ1v) is 4.69. The molecule has 0 unspecified atom stereocenters. The van der Waals surface area contributed by atoms with Crippen LogP contribution in [0, 0.1) is 6.92 Å². The summed E-state index contributed by atoms with van der Waals surface area (Å²) in [7, 11) is 1.66. The standard InChI is InChI=1S/C11H12N2O2/c1-8-12-11(13-15-8)10-6-4-3-5-9(10)7-14-2/h3-6H,7H2,1-2H3. The van der Waals surface area contributed by atoms with Crippen LogP contribution in [0.3, 0.4) is 0 Å². The number of rotatable bonds is 3. The molecule has 0 aliphatic rings. The summed E-state index contributed by atoms with van der Waals surface area (Å²) in [4.78, 5) is 4.19. The van der Waals surface area contributed by atoms with Crippen molar-refractivity contribution < 1.29 is 9.26 Å². The summed E-state index contributed by atoms with van der Waals surface area (Å²) in [6.45, 7) is 2.32. The molecule has 1 aromatic heterocycles. The van der Waals surface area contributed by atoms with Crippen LogP contribution in [0.15, 0.2) is 28.8 Å². The van der Waals surface area contributed by atoms with Gasteiger partial charge in [-0.05, 0) is 5.56 Å². The van der Waals surface area contributed by atoms with Crippen LogP contribution < -0.4 is 0 Å². The monoisotopic (exact) mass is 204 g/mol. The zero-order valence-electron chi connectivity index (χ0n) is 8.73. The van der Waals surface area contributed by atoms with Gasteiger partial charge in [0, 0.05) is 19.6 Å². The van der Waals surface area contributed by atoms with Crippen molar-refractivity contribution in [1.29, 1.82) is 0 Å². The lowest BCUT2D eigenvalue weighted by atomic mass is 10.1. The van der Waals surface area contributed by atoms with Crippen molar-refractivity contribution in [2.75, 3.05) is 7.11 Å². The van der Waals surface area contributed by atoms with Gasteiger partial charge in [-0.25, -0.2) is 0 Å². The smallest absolute Gasteiger partial charge is 0.223 e. The van der Waals surface area contributed by atoms with Crippen LogP contribution in [0.4, 0.5) is 0 Å². The molecule has 0 radical (unpaired) electrons. The maximum absolute atomic E-state index is 5.11.